The van der Waals surface area contributed by atoms with Crippen molar-refractivity contribution in [3.63, 3.8) is 0 Å². The maximum Gasteiger partial charge on any atom is 0.252 e. The van der Waals surface area contributed by atoms with Crippen LogP contribution in [0.5, 0.6) is 5.75 Å². The van der Waals surface area contributed by atoms with Crippen LogP contribution in [0.15, 0.2) is 53.0 Å². The molecule has 0 saturated heterocycles. The number of nitrogens with one attached hydrogen (secondary N) is 1. The van der Waals surface area contributed by atoms with Crippen molar-refractivity contribution in [3.05, 3.63) is 64.4 Å². The van der Waals surface area contributed by atoms with Crippen LogP contribution in [-0.4, -0.2) is 19.1 Å². The third kappa shape index (κ3) is 3.81. The molecule has 0 atom stereocenters. The average molecular weight is 338 g/mol. The van der Waals surface area contributed by atoms with Gasteiger partial charge >= 0.3 is 0 Å². The molecule has 0 bridgehead atoms. The SMILES string of the molecule is O=C(NCCOc1ccccc1)c1cccc(F)c1Br. The minimum Gasteiger partial charge on any atom is -0.492 e. The van der Waals surface area contributed by atoms with Crippen molar-refractivity contribution in [2.45, 2.75) is 0 Å². The normalized spacial score (nSPS) is 10.1. The fourth-order valence-corrected chi connectivity index (χ4v) is 2.07. The van der Waals surface area contributed by atoms with Gasteiger partial charge in [-0.2, -0.15) is 0 Å². The number of carbonyl (C=O) groups is 1. The third-order valence-corrected chi connectivity index (χ3v) is 3.40. The van der Waals surface area contributed by atoms with Crippen molar-refractivity contribution in [3.8, 4) is 5.75 Å². The molecule has 0 aliphatic rings. The second-order valence-electron chi connectivity index (χ2n) is 4.02. The highest BCUT2D eigenvalue weighted by Gasteiger charge is 2.12. The molecule has 104 valence electrons. The van der Waals surface area contributed by atoms with Crippen LogP contribution in [0.2, 0.25) is 0 Å². The summed E-state index contributed by atoms with van der Waals surface area (Å²) in [7, 11) is 0. The van der Waals surface area contributed by atoms with Gasteiger partial charge in [0.05, 0.1) is 16.6 Å². The van der Waals surface area contributed by atoms with Crippen LogP contribution in [0.1, 0.15) is 10.4 Å². The van der Waals surface area contributed by atoms with Gasteiger partial charge < -0.3 is 10.1 Å². The smallest absolute Gasteiger partial charge is 0.252 e. The molecule has 0 radical (unpaired) electrons. The predicted octanol–water partition coefficient (Wildman–Crippen LogP) is 3.40. The molecule has 0 saturated carbocycles. The molecular weight excluding hydrogens is 325 g/mol. The van der Waals surface area contributed by atoms with E-state index in [1.165, 1.54) is 12.1 Å². The van der Waals surface area contributed by atoms with Crippen LogP contribution in [0.3, 0.4) is 0 Å². The number of benzene rings is 2. The van der Waals surface area contributed by atoms with Crippen LogP contribution in [0, 0.1) is 5.82 Å². The van der Waals surface area contributed by atoms with E-state index >= 15 is 0 Å². The summed E-state index contributed by atoms with van der Waals surface area (Å²) in [4.78, 5) is 11.9. The molecule has 2 rings (SSSR count). The highest BCUT2D eigenvalue weighted by atomic mass is 79.9. The molecule has 0 spiro atoms. The average Bonchev–Trinajstić information content (AvgIpc) is 2.47. The van der Waals surface area contributed by atoms with Crippen molar-refractivity contribution >= 4 is 21.8 Å². The maximum absolute atomic E-state index is 13.3. The third-order valence-electron chi connectivity index (χ3n) is 2.60. The Kier molecular flexibility index (Phi) is 5.12. The van der Waals surface area contributed by atoms with Crippen molar-refractivity contribution in [1.82, 2.24) is 5.32 Å². The standard InChI is InChI=1S/C15H13BrFNO2/c16-14-12(7-4-8-13(14)17)15(19)18-9-10-20-11-5-2-1-3-6-11/h1-8H,9-10H2,(H,18,19). The molecule has 2 aromatic carbocycles. The minimum absolute atomic E-state index is 0.168. The number of amides is 1. The zero-order chi connectivity index (χ0) is 14.4. The van der Waals surface area contributed by atoms with Gasteiger partial charge in [0.1, 0.15) is 18.2 Å². The van der Waals surface area contributed by atoms with E-state index in [9.17, 15) is 9.18 Å². The zero-order valence-electron chi connectivity index (χ0n) is 10.6. The van der Waals surface area contributed by atoms with Gasteiger partial charge in [0, 0.05) is 0 Å². The summed E-state index contributed by atoms with van der Waals surface area (Å²) in [6, 6.07) is 13.7. The molecule has 0 heterocycles. The number of carbonyl (C=O) groups excluding carboxylic acids is 1. The predicted molar refractivity (Wildman–Crippen MR) is 78.4 cm³/mol. The summed E-state index contributed by atoms with van der Waals surface area (Å²) in [5, 5.41) is 2.68. The number of para-hydroxylation sites is 1. The number of hydrogen-bond donors (Lipinski definition) is 1. The first-order valence-corrected chi connectivity index (χ1v) is 6.88. The minimum atomic E-state index is -0.460. The first-order chi connectivity index (χ1) is 9.68. The second-order valence-corrected chi connectivity index (χ2v) is 4.81. The van der Waals surface area contributed by atoms with Crippen molar-refractivity contribution in [2.75, 3.05) is 13.2 Å². The second kappa shape index (κ2) is 7.05. The van der Waals surface area contributed by atoms with Crippen LogP contribution >= 0.6 is 15.9 Å². The first kappa shape index (κ1) is 14.5. The van der Waals surface area contributed by atoms with E-state index in [0.717, 1.165) is 5.75 Å². The lowest BCUT2D eigenvalue weighted by Crippen LogP contribution is -2.28. The highest BCUT2D eigenvalue weighted by molar-refractivity contribution is 9.10. The Hall–Kier alpha value is -1.88. The molecule has 1 amide bonds. The number of halogens is 2. The van der Waals surface area contributed by atoms with Gasteiger partial charge in [0.15, 0.2) is 0 Å². The van der Waals surface area contributed by atoms with Gasteiger partial charge in [-0.1, -0.05) is 24.3 Å². The van der Waals surface area contributed by atoms with E-state index < -0.39 is 5.82 Å². The van der Waals surface area contributed by atoms with Crippen molar-refractivity contribution in [2.24, 2.45) is 0 Å². The topological polar surface area (TPSA) is 38.3 Å². The van der Waals surface area contributed by atoms with E-state index in [0.29, 0.717) is 13.2 Å². The van der Waals surface area contributed by atoms with E-state index in [4.69, 9.17) is 4.74 Å². The van der Waals surface area contributed by atoms with E-state index in [1.54, 1.807) is 6.07 Å². The molecule has 2 aromatic rings. The molecule has 0 fully saturated rings. The number of ether oxygens (including phenoxy) is 1. The van der Waals surface area contributed by atoms with Gasteiger partial charge in [-0.05, 0) is 40.2 Å². The Bertz CT molecular complexity index is 590. The molecule has 20 heavy (non-hydrogen) atoms. The fraction of sp³-hybridized carbons (Fsp3) is 0.133. The molecule has 0 unspecified atom stereocenters. The fourth-order valence-electron chi connectivity index (χ4n) is 1.62. The largest absolute Gasteiger partial charge is 0.492 e. The Morgan fingerprint density at radius 3 is 2.65 bits per heavy atom. The van der Waals surface area contributed by atoms with Gasteiger partial charge in [-0.3, -0.25) is 4.79 Å². The summed E-state index contributed by atoms with van der Waals surface area (Å²) in [5.41, 5.74) is 0.268. The van der Waals surface area contributed by atoms with Crippen molar-refractivity contribution < 1.29 is 13.9 Å². The molecule has 0 aromatic heterocycles. The monoisotopic (exact) mass is 337 g/mol. The molecule has 1 N–H and O–H groups in total. The van der Waals surface area contributed by atoms with Crippen molar-refractivity contribution in [1.29, 1.82) is 0 Å². The van der Waals surface area contributed by atoms with Gasteiger partial charge in [0.2, 0.25) is 0 Å². The lowest BCUT2D eigenvalue weighted by molar-refractivity contribution is 0.0945. The summed E-state index contributed by atoms with van der Waals surface area (Å²) in [6.45, 7) is 0.694. The Morgan fingerprint density at radius 1 is 1.15 bits per heavy atom. The number of hydrogen-bond acceptors (Lipinski definition) is 2. The van der Waals surface area contributed by atoms with Gasteiger partial charge in [-0.15, -0.1) is 0 Å². The Balaban J connectivity index is 1.82. The summed E-state index contributed by atoms with van der Waals surface area (Å²) in [5.74, 6) is -0.0556. The summed E-state index contributed by atoms with van der Waals surface area (Å²) in [6.07, 6.45) is 0. The Labute approximate surface area is 124 Å². The zero-order valence-corrected chi connectivity index (χ0v) is 12.2. The highest BCUT2D eigenvalue weighted by Crippen LogP contribution is 2.20. The first-order valence-electron chi connectivity index (χ1n) is 6.08. The molecule has 0 aliphatic heterocycles. The molecule has 5 heteroatoms. The molecular formula is C15H13BrFNO2. The van der Waals surface area contributed by atoms with Crippen LogP contribution in [-0.2, 0) is 0 Å². The van der Waals surface area contributed by atoms with E-state index in [2.05, 4.69) is 21.2 Å². The van der Waals surface area contributed by atoms with Crippen LogP contribution < -0.4 is 10.1 Å². The summed E-state index contributed by atoms with van der Waals surface area (Å²) >= 11 is 3.06. The number of rotatable bonds is 5. The van der Waals surface area contributed by atoms with Gasteiger partial charge in [0.25, 0.3) is 5.91 Å². The van der Waals surface area contributed by atoms with E-state index in [1.807, 2.05) is 30.3 Å². The quantitative estimate of drug-likeness (QED) is 0.849. The molecule has 0 aliphatic carbocycles. The maximum atomic E-state index is 13.3. The summed E-state index contributed by atoms with van der Waals surface area (Å²) < 4.78 is 18.9. The van der Waals surface area contributed by atoms with Gasteiger partial charge in [-0.25, -0.2) is 4.39 Å². The lowest BCUT2D eigenvalue weighted by Gasteiger charge is -2.08. The lowest BCUT2D eigenvalue weighted by atomic mass is 10.2. The van der Waals surface area contributed by atoms with Crippen LogP contribution in [0.4, 0.5) is 4.39 Å². The Morgan fingerprint density at radius 2 is 1.90 bits per heavy atom. The van der Waals surface area contributed by atoms with Crippen LogP contribution in [0.25, 0.3) is 0 Å². The molecule has 3 nitrogen and oxygen atoms in total. The van der Waals surface area contributed by atoms with E-state index in [-0.39, 0.29) is 15.9 Å².